The average molecular weight is 299 g/mol. The second-order valence-electron chi connectivity index (χ2n) is 4.65. The number of nitrogens with zero attached hydrogens (tertiary/aromatic N) is 2. The number of methoxy groups -OCH3 is 1. The summed E-state index contributed by atoms with van der Waals surface area (Å²) in [4.78, 5) is 11.9. The van der Waals surface area contributed by atoms with Crippen LogP contribution in [0.15, 0.2) is 24.3 Å². The van der Waals surface area contributed by atoms with Crippen LogP contribution in [0.5, 0.6) is 5.88 Å². The van der Waals surface area contributed by atoms with Crippen molar-refractivity contribution < 1.29 is 9.53 Å². The largest absolute Gasteiger partial charge is 0.479 e. The molecule has 1 heterocycles. The zero-order valence-corrected chi connectivity index (χ0v) is 12.4. The fraction of sp³-hybridized carbons (Fsp3) is 0.267. The fourth-order valence-electron chi connectivity index (χ4n) is 1.94. The lowest BCUT2D eigenvalue weighted by Crippen LogP contribution is -2.29. The molecule has 1 aromatic carbocycles. The third-order valence-electron chi connectivity index (χ3n) is 3.20. The van der Waals surface area contributed by atoms with E-state index in [1.807, 2.05) is 37.3 Å². The summed E-state index contributed by atoms with van der Waals surface area (Å²) in [5.74, 6) is 0.386. The summed E-state index contributed by atoms with van der Waals surface area (Å²) in [7, 11) is 1.43. The Morgan fingerprint density at radius 2 is 2.23 bits per heavy atom. The van der Waals surface area contributed by atoms with E-state index < -0.39 is 0 Å². The highest BCUT2D eigenvalue weighted by molar-refractivity contribution is 5.81. The number of aryl methyl sites for hydroxylation is 1. The fourth-order valence-corrected chi connectivity index (χ4v) is 1.94. The van der Waals surface area contributed by atoms with Crippen LogP contribution in [-0.2, 0) is 11.3 Å². The highest BCUT2D eigenvalue weighted by Crippen LogP contribution is 2.21. The minimum absolute atomic E-state index is 0.0336. The first-order valence-corrected chi connectivity index (χ1v) is 6.73. The molecule has 0 saturated heterocycles. The van der Waals surface area contributed by atoms with Gasteiger partial charge in [0.2, 0.25) is 5.91 Å². The number of rotatable bonds is 6. The van der Waals surface area contributed by atoms with Gasteiger partial charge in [-0.1, -0.05) is 24.3 Å². The number of aromatic amines is 1. The lowest BCUT2D eigenvalue weighted by atomic mass is 10.1. The summed E-state index contributed by atoms with van der Waals surface area (Å²) in [5, 5.41) is 21.1. The molecule has 2 aromatic rings. The summed E-state index contributed by atoms with van der Waals surface area (Å²) in [6, 6.07) is 9.82. The quantitative estimate of drug-likeness (QED) is 0.746. The van der Waals surface area contributed by atoms with Gasteiger partial charge in [-0.05, 0) is 18.1 Å². The standard InChI is InChI=1S/C15H17N5O2/c1-10-5-3-4-6-11(10)8-17-13(21)9-18-14-12(7-16)15(22-2)20-19-14/h3-6H,8-9H2,1-2H3,(H,17,21)(H2,18,19,20). The third-order valence-corrected chi connectivity index (χ3v) is 3.20. The summed E-state index contributed by atoms with van der Waals surface area (Å²) in [6.07, 6.45) is 0. The van der Waals surface area contributed by atoms with Gasteiger partial charge in [-0.15, -0.1) is 5.10 Å². The van der Waals surface area contributed by atoms with Crippen molar-refractivity contribution >= 4 is 11.7 Å². The predicted octanol–water partition coefficient (Wildman–Crippen LogP) is 1.33. The Kier molecular flexibility index (Phi) is 4.98. The third kappa shape index (κ3) is 3.55. The van der Waals surface area contributed by atoms with Gasteiger partial charge in [0, 0.05) is 6.54 Å². The van der Waals surface area contributed by atoms with Crippen LogP contribution in [0.25, 0.3) is 0 Å². The van der Waals surface area contributed by atoms with Crippen molar-refractivity contribution in [1.82, 2.24) is 15.5 Å². The van der Waals surface area contributed by atoms with Crippen LogP contribution >= 0.6 is 0 Å². The van der Waals surface area contributed by atoms with E-state index in [1.165, 1.54) is 7.11 Å². The summed E-state index contributed by atoms with van der Waals surface area (Å²) >= 11 is 0. The second-order valence-corrected chi connectivity index (χ2v) is 4.65. The number of anilines is 1. The second kappa shape index (κ2) is 7.13. The minimum atomic E-state index is -0.180. The average Bonchev–Trinajstić information content (AvgIpc) is 2.94. The number of benzene rings is 1. The first-order chi connectivity index (χ1) is 10.7. The molecule has 0 aliphatic heterocycles. The summed E-state index contributed by atoms with van der Waals surface area (Å²) in [6.45, 7) is 2.49. The Morgan fingerprint density at radius 3 is 2.91 bits per heavy atom. The topological polar surface area (TPSA) is 103 Å². The lowest BCUT2D eigenvalue weighted by Gasteiger charge is -2.08. The lowest BCUT2D eigenvalue weighted by molar-refractivity contribution is -0.119. The van der Waals surface area contributed by atoms with Gasteiger partial charge in [0.1, 0.15) is 11.9 Å². The highest BCUT2D eigenvalue weighted by Gasteiger charge is 2.13. The monoisotopic (exact) mass is 299 g/mol. The molecule has 22 heavy (non-hydrogen) atoms. The molecule has 0 aliphatic carbocycles. The molecule has 3 N–H and O–H groups in total. The number of ether oxygens (including phenoxy) is 1. The molecule has 0 saturated carbocycles. The summed E-state index contributed by atoms with van der Waals surface area (Å²) < 4.78 is 4.94. The first kappa shape index (κ1) is 15.4. The van der Waals surface area contributed by atoms with Gasteiger partial charge in [0.05, 0.1) is 13.7 Å². The van der Waals surface area contributed by atoms with Crippen molar-refractivity contribution in [2.45, 2.75) is 13.5 Å². The minimum Gasteiger partial charge on any atom is -0.479 e. The predicted molar refractivity (Wildman–Crippen MR) is 81.4 cm³/mol. The molecule has 2 rings (SSSR count). The van der Waals surface area contributed by atoms with E-state index in [-0.39, 0.29) is 23.9 Å². The Labute approximate surface area is 128 Å². The molecular weight excluding hydrogens is 282 g/mol. The van der Waals surface area contributed by atoms with E-state index >= 15 is 0 Å². The zero-order chi connectivity index (χ0) is 15.9. The van der Waals surface area contributed by atoms with Gasteiger partial charge in [0.25, 0.3) is 5.88 Å². The number of nitriles is 1. The molecule has 7 nitrogen and oxygen atoms in total. The number of amides is 1. The molecule has 1 aromatic heterocycles. The maximum atomic E-state index is 11.9. The van der Waals surface area contributed by atoms with E-state index in [0.29, 0.717) is 12.4 Å². The highest BCUT2D eigenvalue weighted by atomic mass is 16.5. The van der Waals surface area contributed by atoms with Gasteiger partial charge >= 0.3 is 0 Å². The number of H-pyrrole nitrogens is 1. The Hall–Kier alpha value is -3.01. The molecule has 0 unspecified atom stereocenters. The van der Waals surface area contributed by atoms with Crippen LogP contribution in [0.2, 0.25) is 0 Å². The van der Waals surface area contributed by atoms with Crippen LogP contribution in [0.4, 0.5) is 5.82 Å². The van der Waals surface area contributed by atoms with Crippen molar-refractivity contribution in [1.29, 1.82) is 5.26 Å². The number of carbonyl (C=O) groups excluding carboxylic acids is 1. The van der Waals surface area contributed by atoms with Crippen LogP contribution in [0, 0.1) is 18.3 Å². The molecule has 114 valence electrons. The number of nitrogens with one attached hydrogen (secondary N) is 3. The van der Waals surface area contributed by atoms with Crippen molar-refractivity contribution in [2.24, 2.45) is 0 Å². The number of aromatic nitrogens is 2. The van der Waals surface area contributed by atoms with E-state index in [9.17, 15) is 4.79 Å². The number of carbonyl (C=O) groups is 1. The zero-order valence-electron chi connectivity index (χ0n) is 12.4. The van der Waals surface area contributed by atoms with Gasteiger partial charge in [-0.3, -0.25) is 9.89 Å². The van der Waals surface area contributed by atoms with Crippen LogP contribution in [0.1, 0.15) is 16.7 Å². The molecule has 7 heteroatoms. The number of hydrogen-bond donors (Lipinski definition) is 3. The van der Waals surface area contributed by atoms with E-state index in [1.54, 1.807) is 0 Å². The molecule has 1 amide bonds. The smallest absolute Gasteiger partial charge is 0.252 e. The van der Waals surface area contributed by atoms with Crippen molar-refractivity contribution in [3.8, 4) is 11.9 Å². The van der Waals surface area contributed by atoms with Crippen molar-refractivity contribution in [2.75, 3.05) is 19.0 Å². The Bertz CT molecular complexity index is 702. The maximum absolute atomic E-state index is 11.9. The van der Waals surface area contributed by atoms with Gasteiger partial charge in [0.15, 0.2) is 5.56 Å². The van der Waals surface area contributed by atoms with Crippen LogP contribution < -0.4 is 15.4 Å². The first-order valence-electron chi connectivity index (χ1n) is 6.73. The normalized spacial score (nSPS) is 9.86. The molecule has 0 spiro atoms. The van der Waals surface area contributed by atoms with Gasteiger partial charge < -0.3 is 15.4 Å². The molecule has 0 aliphatic rings. The molecule has 0 bridgehead atoms. The summed E-state index contributed by atoms with van der Waals surface area (Å²) in [5.41, 5.74) is 2.44. The molecular formula is C15H17N5O2. The van der Waals surface area contributed by atoms with Crippen molar-refractivity contribution in [3.05, 3.63) is 41.0 Å². The van der Waals surface area contributed by atoms with Crippen LogP contribution in [0.3, 0.4) is 0 Å². The van der Waals surface area contributed by atoms with Crippen molar-refractivity contribution in [3.63, 3.8) is 0 Å². The molecule has 0 fully saturated rings. The Morgan fingerprint density at radius 1 is 1.45 bits per heavy atom. The SMILES string of the molecule is COc1n[nH]c(NCC(=O)NCc2ccccc2C)c1C#N. The van der Waals surface area contributed by atoms with E-state index in [2.05, 4.69) is 20.8 Å². The van der Waals surface area contributed by atoms with E-state index in [4.69, 9.17) is 10.00 Å². The van der Waals surface area contributed by atoms with E-state index in [0.717, 1.165) is 11.1 Å². The Balaban J connectivity index is 1.87. The molecule has 0 atom stereocenters. The number of hydrogen-bond acceptors (Lipinski definition) is 5. The van der Waals surface area contributed by atoms with Gasteiger partial charge in [-0.2, -0.15) is 5.26 Å². The van der Waals surface area contributed by atoms with Gasteiger partial charge in [-0.25, -0.2) is 0 Å². The maximum Gasteiger partial charge on any atom is 0.252 e. The van der Waals surface area contributed by atoms with Crippen LogP contribution in [-0.4, -0.2) is 29.8 Å². The molecule has 0 radical (unpaired) electrons.